The van der Waals surface area contributed by atoms with Crippen LogP contribution in [0.5, 0.6) is 5.75 Å². The molecule has 0 fully saturated rings. The Morgan fingerprint density at radius 3 is 2.60 bits per heavy atom. The minimum absolute atomic E-state index is 0.0412. The fourth-order valence-electron chi connectivity index (χ4n) is 1.93. The Kier molecular flexibility index (Phi) is 4.69. The number of rotatable bonds is 5. The van der Waals surface area contributed by atoms with Crippen molar-refractivity contribution in [3.05, 3.63) is 65.2 Å². The lowest BCUT2D eigenvalue weighted by Gasteiger charge is -2.15. The first-order chi connectivity index (χ1) is 9.61. The maximum Gasteiger partial charge on any atom is 0.132 e. The van der Waals surface area contributed by atoms with Gasteiger partial charge < -0.3 is 10.5 Å². The molecule has 2 aromatic carbocycles. The van der Waals surface area contributed by atoms with Gasteiger partial charge in [0, 0.05) is 23.2 Å². The van der Waals surface area contributed by atoms with Gasteiger partial charge in [-0.15, -0.1) is 0 Å². The maximum absolute atomic E-state index is 13.5. The third kappa shape index (κ3) is 3.33. The summed E-state index contributed by atoms with van der Waals surface area (Å²) < 4.78 is 32.0. The molecule has 0 spiro atoms. The summed E-state index contributed by atoms with van der Waals surface area (Å²) in [6.07, 6.45) is 0.783. The van der Waals surface area contributed by atoms with E-state index >= 15 is 0 Å². The maximum atomic E-state index is 13.5. The van der Waals surface area contributed by atoms with Gasteiger partial charge in [-0.1, -0.05) is 25.1 Å². The lowest BCUT2D eigenvalue weighted by molar-refractivity contribution is 0.294. The van der Waals surface area contributed by atoms with E-state index in [4.69, 9.17) is 10.5 Å². The molecule has 0 radical (unpaired) electrons. The van der Waals surface area contributed by atoms with Crippen molar-refractivity contribution in [1.29, 1.82) is 0 Å². The van der Waals surface area contributed by atoms with Gasteiger partial charge in [-0.3, -0.25) is 0 Å². The molecule has 2 nitrogen and oxygen atoms in total. The largest absolute Gasteiger partial charge is 0.488 e. The first-order valence-electron chi connectivity index (χ1n) is 6.53. The van der Waals surface area contributed by atoms with E-state index in [2.05, 4.69) is 0 Å². The topological polar surface area (TPSA) is 35.2 Å². The van der Waals surface area contributed by atoms with Gasteiger partial charge in [0.15, 0.2) is 0 Å². The van der Waals surface area contributed by atoms with Gasteiger partial charge in [-0.2, -0.15) is 0 Å². The molecular formula is C16H17F2NO. The summed E-state index contributed by atoms with van der Waals surface area (Å²) >= 11 is 0. The molecule has 2 N–H and O–H groups in total. The highest BCUT2D eigenvalue weighted by atomic mass is 19.1. The van der Waals surface area contributed by atoms with Crippen molar-refractivity contribution in [3.8, 4) is 5.75 Å². The zero-order valence-corrected chi connectivity index (χ0v) is 11.3. The molecule has 0 aliphatic carbocycles. The lowest BCUT2D eigenvalue weighted by Crippen LogP contribution is -2.11. The van der Waals surface area contributed by atoms with Crippen LogP contribution in [0.4, 0.5) is 8.78 Å². The van der Waals surface area contributed by atoms with Crippen molar-refractivity contribution >= 4 is 0 Å². The van der Waals surface area contributed by atoms with Gasteiger partial charge in [0.1, 0.15) is 24.0 Å². The molecule has 0 saturated carbocycles. The normalized spacial score (nSPS) is 12.2. The van der Waals surface area contributed by atoms with E-state index in [9.17, 15) is 8.78 Å². The molecule has 2 aromatic rings. The van der Waals surface area contributed by atoms with E-state index in [1.165, 1.54) is 12.1 Å². The SMILES string of the molecule is CC[C@H](N)c1ccccc1OCc1ccc(F)cc1F. The van der Waals surface area contributed by atoms with Crippen molar-refractivity contribution in [2.24, 2.45) is 5.73 Å². The Balaban J connectivity index is 2.15. The highest BCUT2D eigenvalue weighted by Gasteiger charge is 2.11. The molecule has 0 saturated heterocycles. The van der Waals surface area contributed by atoms with E-state index in [0.717, 1.165) is 18.1 Å². The van der Waals surface area contributed by atoms with Crippen molar-refractivity contribution in [1.82, 2.24) is 0 Å². The van der Waals surface area contributed by atoms with Gasteiger partial charge in [0.25, 0.3) is 0 Å². The zero-order chi connectivity index (χ0) is 14.5. The van der Waals surface area contributed by atoms with E-state index in [1.807, 2.05) is 25.1 Å². The number of para-hydroxylation sites is 1. The van der Waals surface area contributed by atoms with Crippen molar-refractivity contribution in [3.63, 3.8) is 0 Å². The third-order valence-corrected chi connectivity index (χ3v) is 3.16. The van der Waals surface area contributed by atoms with Crippen LogP contribution >= 0.6 is 0 Å². The fraction of sp³-hybridized carbons (Fsp3) is 0.250. The number of nitrogens with two attached hydrogens (primary N) is 1. The number of hydrogen-bond donors (Lipinski definition) is 1. The Bertz CT molecular complexity index is 586. The molecule has 0 heterocycles. The zero-order valence-electron chi connectivity index (χ0n) is 11.3. The Labute approximate surface area is 117 Å². The van der Waals surface area contributed by atoms with Gasteiger partial charge >= 0.3 is 0 Å². The second-order valence-electron chi connectivity index (χ2n) is 4.58. The summed E-state index contributed by atoms with van der Waals surface area (Å²) in [6, 6.07) is 10.7. The average Bonchev–Trinajstić information content (AvgIpc) is 2.46. The number of halogens is 2. The lowest BCUT2D eigenvalue weighted by atomic mass is 10.0. The van der Waals surface area contributed by atoms with Gasteiger partial charge in [0.05, 0.1) is 0 Å². The predicted molar refractivity (Wildman–Crippen MR) is 74.4 cm³/mol. The Morgan fingerprint density at radius 1 is 1.15 bits per heavy atom. The molecule has 0 amide bonds. The van der Waals surface area contributed by atoms with Crippen LogP contribution in [0.25, 0.3) is 0 Å². The van der Waals surface area contributed by atoms with E-state index in [-0.39, 0.29) is 12.6 Å². The molecule has 4 heteroatoms. The molecule has 0 aromatic heterocycles. The molecule has 2 rings (SSSR count). The molecule has 20 heavy (non-hydrogen) atoms. The summed E-state index contributed by atoms with van der Waals surface area (Å²) in [5.74, 6) is -0.576. The van der Waals surface area contributed by atoms with E-state index < -0.39 is 11.6 Å². The van der Waals surface area contributed by atoms with Crippen LogP contribution in [0.3, 0.4) is 0 Å². The van der Waals surface area contributed by atoms with Crippen molar-refractivity contribution in [2.45, 2.75) is 26.0 Å². The number of ether oxygens (including phenoxy) is 1. The van der Waals surface area contributed by atoms with Crippen LogP contribution in [0.1, 0.15) is 30.5 Å². The number of benzene rings is 2. The average molecular weight is 277 g/mol. The standard InChI is InChI=1S/C16H17F2NO/c1-2-15(19)13-5-3-4-6-16(13)20-10-11-7-8-12(17)9-14(11)18/h3-9,15H,2,10,19H2,1H3/t15-/m0/s1. The molecule has 0 aliphatic rings. The van der Waals surface area contributed by atoms with E-state index in [0.29, 0.717) is 11.3 Å². The van der Waals surface area contributed by atoms with Crippen LogP contribution in [-0.4, -0.2) is 0 Å². The monoisotopic (exact) mass is 277 g/mol. The molecule has 1 atom stereocenters. The Morgan fingerprint density at radius 2 is 1.90 bits per heavy atom. The summed E-state index contributed by atoms with van der Waals surface area (Å²) in [7, 11) is 0. The third-order valence-electron chi connectivity index (χ3n) is 3.16. The first kappa shape index (κ1) is 14.5. The Hall–Kier alpha value is -1.94. The molecule has 0 aliphatic heterocycles. The van der Waals surface area contributed by atoms with Crippen LogP contribution in [0.15, 0.2) is 42.5 Å². The van der Waals surface area contributed by atoms with Gasteiger partial charge in [0.2, 0.25) is 0 Å². The second kappa shape index (κ2) is 6.48. The summed E-state index contributed by atoms with van der Waals surface area (Å²) in [6.45, 7) is 2.03. The van der Waals surface area contributed by atoms with E-state index in [1.54, 1.807) is 6.07 Å². The van der Waals surface area contributed by atoms with Gasteiger partial charge in [-0.25, -0.2) is 8.78 Å². The quantitative estimate of drug-likeness (QED) is 0.898. The molecule has 0 bridgehead atoms. The number of hydrogen-bond acceptors (Lipinski definition) is 2. The second-order valence-corrected chi connectivity index (χ2v) is 4.58. The van der Waals surface area contributed by atoms with Crippen molar-refractivity contribution < 1.29 is 13.5 Å². The van der Waals surface area contributed by atoms with Crippen LogP contribution < -0.4 is 10.5 Å². The summed E-state index contributed by atoms with van der Waals surface area (Å²) in [5.41, 5.74) is 7.21. The molecule has 0 unspecified atom stereocenters. The highest BCUT2D eigenvalue weighted by Crippen LogP contribution is 2.26. The van der Waals surface area contributed by atoms with Crippen LogP contribution in [0, 0.1) is 11.6 Å². The van der Waals surface area contributed by atoms with Crippen molar-refractivity contribution in [2.75, 3.05) is 0 Å². The molecular weight excluding hydrogens is 260 g/mol. The van der Waals surface area contributed by atoms with Crippen LogP contribution in [-0.2, 0) is 6.61 Å². The highest BCUT2D eigenvalue weighted by molar-refractivity contribution is 5.36. The summed E-state index contributed by atoms with van der Waals surface area (Å²) in [4.78, 5) is 0. The minimum atomic E-state index is -0.609. The first-order valence-corrected chi connectivity index (χ1v) is 6.53. The smallest absolute Gasteiger partial charge is 0.132 e. The predicted octanol–water partition coefficient (Wildman–Crippen LogP) is 3.95. The molecule has 106 valence electrons. The van der Waals surface area contributed by atoms with Gasteiger partial charge in [-0.05, 0) is 24.6 Å². The van der Waals surface area contributed by atoms with Crippen LogP contribution in [0.2, 0.25) is 0 Å². The minimum Gasteiger partial charge on any atom is -0.488 e. The fourth-order valence-corrected chi connectivity index (χ4v) is 1.93. The summed E-state index contributed by atoms with van der Waals surface area (Å²) in [5, 5.41) is 0.